The predicted octanol–water partition coefficient (Wildman–Crippen LogP) is 0.0783. The normalized spacial score (nSPS) is 17.0. The first-order valence-electron chi connectivity index (χ1n) is 7.79. The van der Waals surface area contributed by atoms with E-state index >= 15 is 0 Å². The van der Waals surface area contributed by atoms with E-state index in [1.807, 2.05) is 0 Å². The molecule has 0 aromatic heterocycles. The molecule has 1 rings (SSSR count). The van der Waals surface area contributed by atoms with Crippen LogP contribution in [0.3, 0.4) is 0 Å². The van der Waals surface area contributed by atoms with E-state index in [4.69, 9.17) is 15.6 Å². The van der Waals surface area contributed by atoms with Crippen molar-refractivity contribution in [1.82, 2.24) is 10.2 Å². The summed E-state index contributed by atoms with van der Waals surface area (Å²) in [7, 11) is 0. The molecule has 1 atom stereocenters. The van der Waals surface area contributed by atoms with E-state index in [1.165, 1.54) is 4.90 Å². The molecule has 0 aliphatic carbocycles. The van der Waals surface area contributed by atoms with Crippen LogP contribution in [0.2, 0.25) is 0 Å². The van der Waals surface area contributed by atoms with Gasteiger partial charge in [0, 0.05) is 19.0 Å². The molecule has 9 heteroatoms. The van der Waals surface area contributed by atoms with Crippen molar-refractivity contribution >= 4 is 23.9 Å². The van der Waals surface area contributed by atoms with E-state index < -0.39 is 41.9 Å². The molecule has 4 N–H and O–H groups in total. The Morgan fingerprint density at radius 3 is 2.21 bits per heavy atom. The van der Waals surface area contributed by atoms with Crippen molar-refractivity contribution in [2.75, 3.05) is 13.1 Å². The number of ether oxygens (including phenoxy) is 1. The topological polar surface area (TPSA) is 139 Å². The lowest BCUT2D eigenvalue weighted by Gasteiger charge is -2.33. The van der Waals surface area contributed by atoms with Gasteiger partial charge in [-0.25, -0.2) is 4.79 Å². The monoisotopic (exact) mass is 343 g/mol. The number of nitrogens with two attached hydrogens (primary N) is 1. The van der Waals surface area contributed by atoms with Gasteiger partial charge in [-0.1, -0.05) is 0 Å². The van der Waals surface area contributed by atoms with Crippen LogP contribution in [0.5, 0.6) is 0 Å². The van der Waals surface area contributed by atoms with E-state index in [2.05, 4.69) is 5.32 Å². The predicted molar refractivity (Wildman–Crippen MR) is 83.9 cm³/mol. The van der Waals surface area contributed by atoms with Crippen molar-refractivity contribution in [3.05, 3.63) is 0 Å². The number of piperidine rings is 1. The SMILES string of the molecule is CC(C)(C)OC(=O)NC(CC(=O)O)C(=O)N1CCC(C(N)=O)CC1. The average molecular weight is 343 g/mol. The molecular weight excluding hydrogens is 318 g/mol. The first-order chi connectivity index (χ1) is 11.0. The van der Waals surface area contributed by atoms with Gasteiger partial charge in [-0.2, -0.15) is 0 Å². The number of alkyl carbamates (subject to hydrolysis) is 1. The van der Waals surface area contributed by atoms with Crippen molar-refractivity contribution in [2.24, 2.45) is 11.7 Å². The molecule has 0 aromatic rings. The minimum atomic E-state index is -1.22. The smallest absolute Gasteiger partial charge is 0.408 e. The lowest BCUT2D eigenvalue weighted by molar-refractivity contribution is -0.143. The maximum Gasteiger partial charge on any atom is 0.408 e. The lowest BCUT2D eigenvalue weighted by atomic mass is 9.95. The minimum absolute atomic E-state index is 0.286. The molecular formula is C15H25N3O6. The highest BCUT2D eigenvalue weighted by Crippen LogP contribution is 2.18. The molecule has 1 aliphatic heterocycles. The van der Waals surface area contributed by atoms with Crippen molar-refractivity contribution in [1.29, 1.82) is 0 Å². The number of likely N-dealkylation sites (tertiary alicyclic amines) is 1. The van der Waals surface area contributed by atoms with Crippen LogP contribution < -0.4 is 11.1 Å². The third-order valence-electron chi connectivity index (χ3n) is 3.58. The van der Waals surface area contributed by atoms with Gasteiger partial charge in [-0.15, -0.1) is 0 Å². The van der Waals surface area contributed by atoms with Gasteiger partial charge in [-0.3, -0.25) is 14.4 Å². The molecule has 0 spiro atoms. The van der Waals surface area contributed by atoms with Crippen LogP contribution in [0.4, 0.5) is 4.79 Å². The second kappa shape index (κ2) is 7.98. The summed E-state index contributed by atoms with van der Waals surface area (Å²) in [6, 6.07) is -1.22. The number of nitrogens with one attached hydrogen (secondary N) is 1. The number of carboxylic acid groups (broad SMARTS) is 1. The van der Waals surface area contributed by atoms with E-state index in [-0.39, 0.29) is 5.92 Å². The van der Waals surface area contributed by atoms with Crippen molar-refractivity contribution in [2.45, 2.75) is 51.7 Å². The zero-order chi connectivity index (χ0) is 18.5. The summed E-state index contributed by atoms with van der Waals surface area (Å²) >= 11 is 0. The van der Waals surface area contributed by atoms with Crippen LogP contribution in [0.15, 0.2) is 0 Å². The fourth-order valence-electron chi connectivity index (χ4n) is 2.43. The molecule has 0 radical (unpaired) electrons. The number of carbonyl (C=O) groups is 4. The Morgan fingerprint density at radius 1 is 1.25 bits per heavy atom. The molecule has 0 bridgehead atoms. The van der Waals surface area contributed by atoms with E-state index in [1.54, 1.807) is 20.8 Å². The van der Waals surface area contributed by atoms with Crippen molar-refractivity contribution in [3.63, 3.8) is 0 Å². The minimum Gasteiger partial charge on any atom is -0.481 e. The van der Waals surface area contributed by atoms with E-state index in [0.717, 1.165) is 0 Å². The Morgan fingerprint density at radius 2 is 1.79 bits per heavy atom. The largest absolute Gasteiger partial charge is 0.481 e. The number of hydrogen-bond donors (Lipinski definition) is 3. The van der Waals surface area contributed by atoms with Gasteiger partial charge in [0.05, 0.1) is 6.42 Å². The lowest BCUT2D eigenvalue weighted by Crippen LogP contribution is -2.52. The molecule has 136 valence electrons. The third-order valence-corrected chi connectivity index (χ3v) is 3.58. The molecule has 0 saturated carbocycles. The van der Waals surface area contributed by atoms with E-state index in [9.17, 15) is 19.2 Å². The van der Waals surface area contributed by atoms with Gasteiger partial charge in [0.1, 0.15) is 11.6 Å². The summed E-state index contributed by atoms with van der Waals surface area (Å²) < 4.78 is 5.06. The number of carboxylic acids is 1. The number of carbonyl (C=O) groups excluding carboxylic acids is 3. The maximum atomic E-state index is 12.5. The Balaban J connectivity index is 2.70. The summed E-state index contributed by atoms with van der Waals surface area (Å²) in [6.07, 6.45) is -0.553. The van der Waals surface area contributed by atoms with Crippen LogP contribution in [-0.2, 0) is 19.1 Å². The number of nitrogens with zero attached hydrogens (tertiary/aromatic N) is 1. The van der Waals surface area contributed by atoms with Crippen molar-refractivity contribution in [3.8, 4) is 0 Å². The molecule has 24 heavy (non-hydrogen) atoms. The Labute approximate surface area is 140 Å². The van der Waals surface area contributed by atoms with Gasteiger partial charge >= 0.3 is 12.1 Å². The first kappa shape index (κ1) is 19.7. The molecule has 1 unspecified atom stereocenters. The van der Waals surface area contributed by atoms with Gasteiger partial charge in [0.2, 0.25) is 11.8 Å². The summed E-state index contributed by atoms with van der Waals surface area (Å²) in [5.74, 6) is -2.41. The second-order valence-electron chi connectivity index (χ2n) is 6.80. The summed E-state index contributed by atoms with van der Waals surface area (Å²) in [5, 5.41) is 11.3. The molecule has 0 aromatic carbocycles. The molecule has 3 amide bonds. The highest BCUT2D eigenvalue weighted by Gasteiger charge is 2.33. The molecule has 1 fully saturated rings. The number of rotatable bonds is 5. The number of hydrogen-bond acceptors (Lipinski definition) is 5. The molecule has 1 aliphatic rings. The summed E-state index contributed by atoms with van der Waals surface area (Å²) in [6.45, 7) is 5.57. The quantitative estimate of drug-likeness (QED) is 0.646. The van der Waals surface area contributed by atoms with E-state index in [0.29, 0.717) is 25.9 Å². The first-order valence-corrected chi connectivity index (χ1v) is 7.79. The van der Waals surface area contributed by atoms with Crippen LogP contribution in [0.1, 0.15) is 40.0 Å². The average Bonchev–Trinajstić information content (AvgIpc) is 2.43. The maximum absolute atomic E-state index is 12.5. The fraction of sp³-hybridized carbons (Fsp3) is 0.733. The van der Waals surface area contributed by atoms with Crippen LogP contribution in [0.25, 0.3) is 0 Å². The van der Waals surface area contributed by atoms with Gasteiger partial charge in [0.15, 0.2) is 0 Å². The van der Waals surface area contributed by atoms with Crippen LogP contribution >= 0.6 is 0 Å². The van der Waals surface area contributed by atoms with Gasteiger partial charge < -0.3 is 25.8 Å². The standard InChI is InChI=1S/C15H25N3O6/c1-15(2,3)24-14(23)17-10(8-11(19)20)13(22)18-6-4-9(5-7-18)12(16)21/h9-10H,4-8H2,1-3H3,(H2,16,21)(H,17,23)(H,19,20). The number of aliphatic carboxylic acids is 1. The summed E-state index contributed by atoms with van der Waals surface area (Å²) in [5.41, 5.74) is 4.48. The highest BCUT2D eigenvalue weighted by molar-refractivity contribution is 5.89. The van der Waals surface area contributed by atoms with Crippen LogP contribution in [-0.4, -0.2) is 58.6 Å². The zero-order valence-corrected chi connectivity index (χ0v) is 14.2. The third kappa shape index (κ3) is 6.43. The Hall–Kier alpha value is -2.32. The molecule has 1 saturated heterocycles. The fourth-order valence-corrected chi connectivity index (χ4v) is 2.43. The molecule has 9 nitrogen and oxygen atoms in total. The van der Waals surface area contributed by atoms with Gasteiger partial charge in [-0.05, 0) is 33.6 Å². The van der Waals surface area contributed by atoms with Crippen LogP contribution in [0, 0.1) is 5.92 Å². The van der Waals surface area contributed by atoms with Gasteiger partial charge in [0.25, 0.3) is 0 Å². The zero-order valence-electron chi connectivity index (χ0n) is 14.2. The number of amides is 3. The highest BCUT2D eigenvalue weighted by atomic mass is 16.6. The second-order valence-corrected chi connectivity index (χ2v) is 6.80. The molecule has 1 heterocycles. The Kier molecular flexibility index (Phi) is 6.56. The number of primary amides is 1. The Bertz CT molecular complexity index is 506. The van der Waals surface area contributed by atoms with Crippen molar-refractivity contribution < 1.29 is 29.0 Å². The summed E-state index contributed by atoms with van der Waals surface area (Å²) in [4.78, 5) is 47.9.